The van der Waals surface area contributed by atoms with Crippen molar-refractivity contribution < 1.29 is 37.0 Å². The van der Waals surface area contributed by atoms with Crippen molar-refractivity contribution in [3.05, 3.63) is 34.3 Å². The van der Waals surface area contributed by atoms with E-state index < -0.39 is 38.7 Å². The lowest BCUT2D eigenvalue weighted by atomic mass is 9.81. The second-order valence-electron chi connectivity index (χ2n) is 17.9. The number of Topliss-reactive ketones (excluding diaryl/α,β-unsaturated/α-hetero) is 1. The molecule has 1 aromatic carbocycles. The van der Waals surface area contributed by atoms with Crippen LogP contribution in [0.4, 0.5) is 0 Å². The molecule has 60 heavy (non-hydrogen) atoms. The Balaban J connectivity index is 1.11. The van der Waals surface area contributed by atoms with Gasteiger partial charge in [-0.15, -0.1) is 11.3 Å². The van der Waals surface area contributed by atoms with Crippen LogP contribution in [0.15, 0.2) is 23.6 Å². The van der Waals surface area contributed by atoms with Gasteiger partial charge in [0.15, 0.2) is 5.78 Å². The van der Waals surface area contributed by atoms with Crippen LogP contribution in [0.2, 0.25) is 5.02 Å². The van der Waals surface area contributed by atoms with E-state index in [2.05, 4.69) is 37.3 Å². The SMILES string of the molecule is CC[C@@H]1C[C@]1(CC(=O)[C@@H]1C[C@@H](Oc2cc(-c3nc(C(C)C)cs3)nc3c(Cl)c(OCCN4CCOCC4)ccc23)[C@H]2CC[C@H]([C@H](C)CC)C(=O)N21)C(=O)NS(=O)(=O)C1CC1. The van der Waals surface area contributed by atoms with Crippen LogP contribution in [0.1, 0.15) is 104 Å². The summed E-state index contributed by atoms with van der Waals surface area (Å²) in [4.78, 5) is 56.9. The average molecular weight is 885 g/mol. The molecule has 1 N–H and O–H groups in total. The lowest BCUT2D eigenvalue weighted by Gasteiger charge is -2.40. The molecule has 3 aliphatic heterocycles. The molecule has 0 spiro atoms. The maximum atomic E-state index is 14.7. The minimum absolute atomic E-state index is 0.0612. The molecule has 3 saturated heterocycles. The molecule has 326 valence electrons. The van der Waals surface area contributed by atoms with E-state index in [0.29, 0.717) is 96.5 Å². The molecule has 5 heterocycles. The summed E-state index contributed by atoms with van der Waals surface area (Å²) in [5, 5.41) is 3.21. The Labute approximate surface area is 362 Å². The fourth-order valence-electron chi connectivity index (χ4n) is 9.51. The maximum absolute atomic E-state index is 14.7. The lowest BCUT2D eigenvalue weighted by molar-refractivity contribution is -0.149. The molecule has 2 aliphatic carbocycles. The van der Waals surface area contributed by atoms with Crippen LogP contribution in [0.3, 0.4) is 0 Å². The molecule has 3 aromatic rings. The molecule has 2 saturated carbocycles. The number of nitrogens with zero attached hydrogens (tertiary/aromatic N) is 4. The Morgan fingerprint density at radius 3 is 2.52 bits per heavy atom. The third-order valence-electron chi connectivity index (χ3n) is 13.7. The molecule has 16 heteroatoms. The zero-order valence-electron chi connectivity index (χ0n) is 35.3. The zero-order valence-corrected chi connectivity index (χ0v) is 37.7. The topological polar surface area (TPSA) is 157 Å². The first-order chi connectivity index (χ1) is 28.7. The molecule has 2 amide bonds. The molecular formula is C44H58ClN5O8S2. The highest BCUT2D eigenvalue weighted by atomic mass is 35.5. The Kier molecular flexibility index (Phi) is 12.6. The number of thiazole rings is 1. The Morgan fingerprint density at radius 1 is 1.08 bits per heavy atom. The molecule has 0 bridgehead atoms. The van der Waals surface area contributed by atoms with E-state index in [9.17, 15) is 22.8 Å². The number of benzene rings is 1. The van der Waals surface area contributed by atoms with Gasteiger partial charge >= 0.3 is 0 Å². The molecule has 8 rings (SSSR count). The number of nitrogens with one attached hydrogen (secondary N) is 1. The molecule has 2 aromatic heterocycles. The van der Waals surface area contributed by atoms with Crippen molar-refractivity contribution in [3.8, 4) is 22.2 Å². The maximum Gasteiger partial charge on any atom is 0.240 e. The number of aromatic nitrogens is 2. The largest absolute Gasteiger partial charge is 0.491 e. The minimum Gasteiger partial charge on any atom is -0.491 e. The van der Waals surface area contributed by atoms with Crippen molar-refractivity contribution in [1.29, 1.82) is 0 Å². The van der Waals surface area contributed by atoms with Gasteiger partial charge in [-0.2, -0.15) is 0 Å². The van der Waals surface area contributed by atoms with E-state index in [1.807, 2.05) is 30.5 Å². The third-order valence-corrected chi connectivity index (χ3v) is 16.8. The second kappa shape index (κ2) is 17.4. The summed E-state index contributed by atoms with van der Waals surface area (Å²) < 4.78 is 46.8. The predicted octanol–water partition coefficient (Wildman–Crippen LogP) is 7.00. The highest BCUT2D eigenvalue weighted by Crippen LogP contribution is 2.58. The number of halogens is 1. The number of hydrogen-bond acceptors (Lipinski definition) is 12. The molecule has 0 radical (unpaired) electrons. The number of amides is 2. The highest BCUT2D eigenvalue weighted by Gasteiger charge is 2.62. The summed E-state index contributed by atoms with van der Waals surface area (Å²) in [6.07, 6.45) is 3.83. The smallest absolute Gasteiger partial charge is 0.240 e. The van der Waals surface area contributed by atoms with E-state index in [1.165, 1.54) is 11.3 Å². The first-order valence-electron chi connectivity index (χ1n) is 21.8. The average Bonchev–Trinajstić information content (AvgIpc) is 4.13. The van der Waals surface area contributed by atoms with Crippen LogP contribution in [0, 0.1) is 23.2 Å². The fraction of sp³-hybridized carbons (Fsp3) is 0.659. The first-order valence-corrected chi connectivity index (χ1v) is 24.6. The summed E-state index contributed by atoms with van der Waals surface area (Å²) in [5.74, 6) is 0.126. The number of morpholine rings is 1. The Morgan fingerprint density at radius 2 is 1.85 bits per heavy atom. The molecule has 13 nitrogen and oxygen atoms in total. The van der Waals surface area contributed by atoms with Crippen LogP contribution in [-0.2, 0) is 29.1 Å². The molecular weight excluding hydrogens is 826 g/mol. The summed E-state index contributed by atoms with van der Waals surface area (Å²) in [6.45, 7) is 14.6. The van der Waals surface area contributed by atoms with Crippen molar-refractivity contribution in [2.45, 2.75) is 122 Å². The van der Waals surface area contributed by atoms with Crippen LogP contribution in [0.5, 0.6) is 11.5 Å². The van der Waals surface area contributed by atoms with Gasteiger partial charge < -0.3 is 19.1 Å². The van der Waals surface area contributed by atoms with Gasteiger partial charge in [0, 0.05) is 55.2 Å². The third kappa shape index (κ3) is 8.54. The van der Waals surface area contributed by atoms with Crippen molar-refractivity contribution in [2.24, 2.45) is 23.2 Å². The minimum atomic E-state index is -3.79. The molecule has 0 unspecified atom stereocenters. The number of ether oxygens (including phenoxy) is 3. The molecule has 7 atom stereocenters. The monoisotopic (exact) mass is 883 g/mol. The van der Waals surface area contributed by atoms with Crippen molar-refractivity contribution >= 4 is 61.5 Å². The van der Waals surface area contributed by atoms with Gasteiger partial charge in [0.1, 0.15) is 39.9 Å². The van der Waals surface area contributed by atoms with Crippen molar-refractivity contribution in [1.82, 2.24) is 24.5 Å². The van der Waals surface area contributed by atoms with Gasteiger partial charge in [-0.05, 0) is 62.0 Å². The van der Waals surface area contributed by atoms with Gasteiger partial charge in [0.25, 0.3) is 0 Å². The summed E-state index contributed by atoms with van der Waals surface area (Å²) in [7, 11) is -3.79. The van der Waals surface area contributed by atoms with Crippen molar-refractivity contribution in [3.63, 3.8) is 0 Å². The van der Waals surface area contributed by atoms with Crippen molar-refractivity contribution in [2.75, 3.05) is 39.5 Å². The quantitative estimate of drug-likeness (QED) is 0.149. The van der Waals surface area contributed by atoms with Gasteiger partial charge in [-0.25, -0.2) is 18.4 Å². The van der Waals surface area contributed by atoms with Crippen LogP contribution < -0.4 is 14.2 Å². The van der Waals surface area contributed by atoms with E-state index in [0.717, 1.165) is 31.7 Å². The number of sulfonamides is 1. The Hall–Kier alpha value is -3.37. The van der Waals surface area contributed by atoms with E-state index in [4.69, 9.17) is 35.8 Å². The number of rotatable bonds is 17. The first kappa shape index (κ1) is 43.3. The normalized spacial score (nSPS) is 27.6. The summed E-state index contributed by atoms with van der Waals surface area (Å²) >= 11 is 8.63. The Bertz CT molecular complexity index is 2230. The fourth-order valence-corrected chi connectivity index (χ4v) is 12.1. The van der Waals surface area contributed by atoms with Gasteiger partial charge in [0.2, 0.25) is 21.8 Å². The predicted molar refractivity (Wildman–Crippen MR) is 231 cm³/mol. The van der Waals surface area contributed by atoms with Crippen LogP contribution >= 0.6 is 22.9 Å². The second-order valence-corrected chi connectivity index (χ2v) is 21.1. The van der Waals surface area contributed by atoms with Gasteiger partial charge in [-0.1, -0.05) is 59.1 Å². The molecule has 5 aliphatic rings. The van der Waals surface area contributed by atoms with Crippen LogP contribution in [-0.4, -0.2) is 109 Å². The van der Waals surface area contributed by atoms with Gasteiger partial charge in [-0.3, -0.25) is 24.0 Å². The highest BCUT2D eigenvalue weighted by molar-refractivity contribution is 7.90. The number of piperidine rings is 1. The van der Waals surface area contributed by atoms with E-state index >= 15 is 0 Å². The van der Waals surface area contributed by atoms with Gasteiger partial charge in [0.05, 0.1) is 47.2 Å². The number of fused-ring (bicyclic) bond motifs is 2. The standard InChI is InChI=1S/C44H58ClN5O8S2/c1-6-26(5)29-10-12-33-38(21-34(50(33)42(29)52)35(51)23-44(22-27(44)7-2)43(53)48-60(54,55)28-8-9-28)58-37-20-31(41-47-32(24-59-41)25(3)4)46-40-30(37)11-13-36(39(40)45)57-19-16-49-14-17-56-18-15-49/h11,13,20,24-29,33-34,38H,6-10,12,14-19,21-23H2,1-5H3,(H,48,53)/t26-,27-,29-,33-,34+,38-,44-/m1/s1. The lowest BCUT2D eigenvalue weighted by Crippen LogP contribution is -2.54. The number of ketones is 1. The molecule has 5 fully saturated rings. The number of pyridine rings is 1. The van der Waals surface area contributed by atoms with E-state index in [-0.39, 0.29) is 54.2 Å². The summed E-state index contributed by atoms with van der Waals surface area (Å²) in [6, 6.07) is 4.40. The number of hydrogen-bond donors (Lipinski definition) is 1. The van der Waals surface area contributed by atoms with Crippen LogP contribution in [0.25, 0.3) is 21.6 Å². The number of carbonyl (C=O) groups excluding carboxylic acids is 3. The number of carbonyl (C=O) groups is 3. The zero-order chi connectivity index (χ0) is 42.5. The summed E-state index contributed by atoms with van der Waals surface area (Å²) in [5.41, 5.74) is 0.929. The van der Waals surface area contributed by atoms with E-state index in [1.54, 1.807) is 4.90 Å².